The zero-order valence-corrected chi connectivity index (χ0v) is 9.44. The number of aryl methyl sites for hydroxylation is 1. The number of ether oxygens (including phenoxy) is 1. The van der Waals surface area contributed by atoms with Crippen molar-refractivity contribution >= 4 is 5.82 Å². The van der Waals surface area contributed by atoms with Crippen LogP contribution in [0.1, 0.15) is 17.7 Å². The van der Waals surface area contributed by atoms with Crippen LogP contribution in [0.5, 0.6) is 0 Å². The van der Waals surface area contributed by atoms with E-state index in [1.165, 1.54) is 5.56 Å². The van der Waals surface area contributed by atoms with Crippen LogP contribution in [0, 0.1) is 0 Å². The van der Waals surface area contributed by atoms with Crippen molar-refractivity contribution < 1.29 is 9.84 Å². The molecule has 2 N–H and O–H groups in total. The van der Waals surface area contributed by atoms with Crippen molar-refractivity contribution in [2.45, 2.75) is 25.4 Å². The number of rotatable bonds is 5. The van der Waals surface area contributed by atoms with Crippen LogP contribution in [0.15, 0.2) is 6.33 Å². The summed E-state index contributed by atoms with van der Waals surface area (Å²) in [6.45, 7) is 0.789. The molecule has 5 nitrogen and oxygen atoms in total. The van der Waals surface area contributed by atoms with Crippen LogP contribution in [0.25, 0.3) is 0 Å². The van der Waals surface area contributed by atoms with Crippen LogP contribution in [0.4, 0.5) is 5.82 Å². The van der Waals surface area contributed by atoms with Crippen LogP contribution in [0.3, 0.4) is 0 Å². The Morgan fingerprint density at radius 1 is 1.50 bits per heavy atom. The molecule has 1 aromatic heterocycles. The van der Waals surface area contributed by atoms with E-state index in [1.54, 1.807) is 13.4 Å². The van der Waals surface area contributed by atoms with Crippen molar-refractivity contribution in [3.63, 3.8) is 0 Å². The molecule has 1 heterocycles. The second-order valence-electron chi connectivity index (χ2n) is 3.99. The number of anilines is 1. The van der Waals surface area contributed by atoms with Gasteiger partial charge in [-0.15, -0.1) is 0 Å². The average Bonchev–Trinajstić information content (AvgIpc) is 2.75. The molecule has 0 bridgehead atoms. The van der Waals surface area contributed by atoms with Crippen LogP contribution in [-0.2, 0) is 17.6 Å². The van der Waals surface area contributed by atoms with Crippen molar-refractivity contribution in [3.05, 3.63) is 17.6 Å². The van der Waals surface area contributed by atoms with Gasteiger partial charge in [0.15, 0.2) is 0 Å². The molecule has 0 saturated heterocycles. The van der Waals surface area contributed by atoms with Crippen molar-refractivity contribution in [3.8, 4) is 0 Å². The Morgan fingerprint density at radius 3 is 3.19 bits per heavy atom. The first kappa shape index (κ1) is 11.3. The maximum absolute atomic E-state index is 9.53. The Hall–Kier alpha value is -1.20. The zero-order valence-electron chi connectivity index (χ0n) is 9.44. The topological polar surface area (TPSA) is 67.3 Å². The third kappa shape index (κ3) is 2.48. The lowest BCUT2D eigenvalue weighted by Crippen LogP contribution is -2.25. The van der Waals surface area contributed by atoms with Crippen molar-refractivity contribution in [1.82, 2.24) is 9.97 Å². The fourth-order valence-electron chi connectivity index (χ4n) is 1.98. The molecule has 1 aliphatic carbocycles. The normalized spacial score (nSPS) is 15.9. The monoisotopic (exact) mass is 223 g/mol. The smallest absolute Gasteiger partial charge is 0.132 e. The number of aliphatic hydroxyl groups is 1. The first-order valence-electron chi connectivity index (χ1n) is 5.55. The minimum Gasteiger partial charge on any atom is -0.389 e. The van der Waals surface area contributed by atoms with Crippen LogP contribution < -0.4 is 5.32 Å². The third-order valence-electron chi connectivity index (χ3n) is 2.74. The summed E-state index contributed by atoms with van der Waals surface area (Å²) in [5.41, 5.74) is 2.34. The van der Waals surface area contributed by atoms with Crippen LogP contribution >= 0.6 is 0 Å². The van der Waals surface area contributed by atoms with E-state index in [1.807, 2.05) is 0 Å². The highest BCUT2D eigenvalue weighted by Crippen LogP contribution is 2.24. The number of nitrogens with one attached hydrogen (secondary N) is 1. The first-order chi connectivity index (χ1) is 7.81. The lowest BCUT2D eigenvalue weighted by molar-refractivity contribution is 0.0727. The second-order valence-corrected chi connectivity index (χ2v) is 3.99. The van der Waals surface area contributed by atoms with E-state index in [2.05, 4.69) is 15.3 Å². The van der Waals surface area contributed by atoms with Crippen LogP contribution in [0.2, 0.25) is 0 Å². The van der Waals surface area contributed by atoms with Gasteiger partial charge in [0, 0.05) is 24.9 Å². The SMILES string of the molecule is COCC(O)CNc1ncnc2c1CCC2. The molecular formula is C11H17N3O2. The predicted molar refractivity (Wildman–Crippen MR) is 60.4 cm³/mol. The molecule has 0 radical (unpaired) electrons. The fourth-order valence-corrected chi connectivity index (χ4v) is 1.98. The molecule has 1 aliphatic rings. The highest BCUT2D eigenvalue weighted by atomic mass is 16.5. The quantitative estimate of drug-likeness (QED) is 0.755. The Bertz CT molecular complexity index is 357. The standard InChI is InChI=1S/C11H17N3O2/c1-16-6-8(15)5-12-11-9-3-2-4-10(9)13-7-14-11/h7-8,15H,2-6H2,1H3,(H,12,13,14). The summed E-state index contributed by atoms with van der Waals surface area (Å²) in [4.78, 5) is 8.45. The minimum atomic E-state index is -0.503. The van der Waals surface area contributed by atoms with Crippen molar-refractivity contribution in [2.75, 3.05) is 25.6 Å². The molecule has 1 aromatic rings. The van der Waals surface area contributed by atoms with E-state index in [9.17, 15) is 5.11 Å². The average molecular weight is 223 g/mol. The maximum atomic E-state index is 9.53. The van der Waals surface area contributed by atoms with Gasteiger partial charge in [-0.05, 0) is 19.3 Å². The summed E-state index contributed by atoms with van der Waals surface area (Å²) in [5, 5.41) is 12.7. The number of methoxy groups -OCH3 is 1. The van der Waals surface area contributed by atoms with Gasteiger partial charge < -0.3 is 15.2 Å². The predicted octanol–water partition coefficient (Wildman–Crippen LogP) is 0.384. The zero-order chi connectivity index (χ0) is 11.4. The van der Waals surface area contributed by atoms with Gasteiger partial charge in [-0.1, -0.05) is 0 Å². The molecule has 0 aliphatic heterocycles. The number of hydrogen-bond acceptors (Lipinski definition) is 5. The molecule has 0 amide bonds. The fraction of sp³-hybridized carbons (Fsp3) is 0.636. The van der Waals surface area contributed by atoms with E-state index in [0.29, 0.717) is 13.2 Å². The number of aromatic nitrogens is 2. The number of fused-ring (bicyclic) bond motifs is 1. The molecule has 0 aromatic carbocycles. The van der Waals surface area contributed by atoms with E-state index in [0.717, 1.165) is 30.8 Å². The molecule has 0 fully saturated rings. The first-order valence-corrected chi connectivity index (χ1v) is 5.55. The van der Waals surface area contributed by atoms with E-state index >= 15 is 0 Å². The van der Waals surface area contributed by atoms with Gasteiger partial charge in [0.2, 0.25) is 0 Å². The van der Waals surface area contributed by atoms with Gasteiger partial charge in [-0.2, -0.15) is 0 Å². The molecule has 5 heteroatoms. The van der Waals surface area contributed by atoms with E-state index in [4.69, 9.17) is 4.74 Å². The summed E-state index contributed by atoms with van der Waals surface area (Å²) in [5.74, 6) is 0.859. The summed E-state index contributed by atoms with van der Waals surface area (Å²) in [6.07, 6.45) is 4.28. The summed E-state index contributed by atoms with van der Waals surface area (Å²) >= 11 is 0. The highest BCUT2D eigenvalue weighted by Gasteiger charge is 2.17. The molecule has 0 saturated carbocycles. The highest BCUT2D eigenvalue weighted by molar-refractivity contribution is 5.47. The lowest BCUT2D eigenvalue weighted by atomic mass is 10.2. The molecule has 2 rings (SSSR count). The van der Waals surface area contributed by atoms with Crippen LogP contribution in [-0.4, -0.2) is 41.4 Å². The van der Waals surface area contributed by atoms with Gasteiger partial charge in [0.05, 0.1) is 12.7 Å². The molecular weight excluding hydrogens is 206 g/mol. The third-order valence-corrected chi connectivity index (χ3v) is 2.74. The van der Waals surface area contributed by atoms with E-state index < -0.39 is 6.10 Å². The van der Waals surface area contributed by atoms with Gasteiger partial charge in [0.25, 0.3) is 0 Å². The molecule has 1 atom stereocenters. The van der Waals surface area contributed by atoms with Gasteiger partial charge >= 0.3 is 0 Å². The van der Waals surface area contributed by atoms with Gasteiger partial charge in [-0.3, -0.25) is 0 Å². The Labute approximate surface area is 94.9 Å². The number of nitrogens with zero attached hydrogens (tertiary/aromatic N) is 2. The summed E-state index contributed by atoms with van der Waals surface area (Å²) in [6, 6.07) is 0. The van der Waals surface area contributed by atoms with Gasteiger partial charge in [0.1, 0.15) is 12.1 Å². The summed E-state index contributed by atoms with van der Waals surface area (Å²) < 4.78 is 4.86. The second kappa shape index (κ2) is 5.23. The Morgan fingerprint density at radius 2 is 2.38 bits per heavy atom. The maximum Gasteiger partial charge on any atom is 0.132 e. The lowest BCUT2D eigenvalue weighted by Gasteiger charge is -2.13. The Kier molecular flexibility index (Phi) is 3.69. The molecule has 88 valence electrons. The molecule has 16 heavy (non-hydrogen) atoms. The largest absolute Gasteiger partial charge is 0.389 e. The van der Waals surface area contributed by atoms with Crippen molar-refractivity contribution in [2.24, 2.45) is 0 Å². The number of hydrogen-bond donors (Lipinski definition) is 2. The van der Waals surface area contributed by atoms with E-state index in [-0.39, 0.29) is 0 Å². The molecule has 0 spiro atoms. The summed E-state index contributed by atoms with van der Waals surface area (Å²) in [7, 11) is 1.58. The van der Waals surface area contributed by atoms with Gasteiger partial charge in [-0.25, -0.2) is 9.97 Å². The van der Waals surface area contributed by atoms with Crippen molar-refractivity contribution in [1.29, 1.82) is 0 Å². The Balaban J connectivity index is 1.97. The molecule has 1 unspecified atom stereocenters. The minimum absolute atomic E-state index is 0.334. The number of aliphatic hydroxyl groups excluding tert-OH is 1.